The smallest absolute Gasteiger partial charge is 0.142 e. The second kappa shape index (κ2) is 34.6. The topological polar surface area (TPSA) is 109 Å². The summed E-state index contributed by atoms with van der Waals surface area (Å²) >= 11 is 0. The van der Waals surface area contributed by atoms with E-state index in [9.17, 15) is 19.2 Å². The van der Waals surface area contributed by atoms with E-state index in [1.165, 1.54) is 18.9 Å². The fourth-order valence-corrected chi connectivity index (χ4v) is 1.07. The summed E-state index contributed by atoms with van der Waals surface area (Å²) in [4.78, 5) is 38.2. The van der Waals surface area contributed by atoms with Crippen molar-refractivity contribution in [3.05, 3.63) is 12.2 Å². The third-order valence-electron chi connectivity index (χ3n) is 2.46. The molecule has 0 aliphatic heterocycles. The molecule has 0 saturated carbocycles. The summed E-state index contributed by atoms with van der Waals surface area (Å²) in [5.74, 6) is 0. The first-order valence-electron chi connectivity index (χ1n) is 9.14. The molecule has 2 N–H and O–H groups in total. The summed E-state index contributed by atoms with van der Waals surface area (Å²) in [5.41, 5.74) is 0. The van der Waals surface area contributed by atoms with Gasteiger partial charge in [0.25, 0.3) is 0 Å². The summed E-state index contributed by atoms with van der Waals surface area (Å²) in [6, 6.07) is 0. The molecule has 0 rings (SSSR count). The van der Waals surface area contributed by atoms with Crippen LogP contribution in [0.4, 0.5) is 0 Å². The van der Waals surface area contributed by atoms with E-state index in [-0.39, 0.29) is 12.5 Å². The first-order valence-corrected chi connectivity index (χ1v) is 9.14. The zero-order valence-corrected chi connectivity index (χ0v) is 16.8. The predicted molar refractivity (Wildman–Crippen MR) is 105 cm³/mol. The van der Waals surface area contributed by atoms with Gasteiger partial charge in [0.15, 0.2) is 0 Å². The van der Waals surface area contributed by atoms with E-state index in [0.29, 0.717) is 25.4 Å². The number of aliphatic hydroxyl groups is 2. The van der Waals surface area contributed by atoms with Crippen molar-refractivity contribution in [3.63, 3.8) is 0 Å². The van der Waals surface area contributed by atoms with Gasteiger partial charge in [0.1, 0.15) is 25.1 Å². The molecule has 0 amide bonds. The van der Waals surface area contributed by atoms with Crippen molar-refractivity contribution >= 4 is 25.1 Å². The summed E-state index contributed by atoms with van der Waals surface area (Å²) in [6.07, 6.45) is 12.2. The normalized spacial score (nSPS) is 11.3. The van der Waals surface area contributed by atoms with Crippen LogP contribution in [0, 0.1) is 0 Å². The lowest BCUT2D eigenvalue weighted by molar-refractivity contribution is -0.109. The number of allylic oxidation sites excluding steroid dienone is 1. The number of carbonyl (C=O) groups is 4. The Balaban J connectivity index is -0.000000126. The van der Waals surface area contributed by atoms with Crippen molar-refractivity contribution in [2.75, 3.05) is 0 Å². The van der Waals surface area contributed by atoms with E-state index >= 15 is 0 Å². The Hall–Kier alpha value is -1.66. The quantitative estimate of drug-likeness (QED) is 0.326. The molecule has 2 atom stereocenters. The van der Waals surface area contributed by atoms with E-state index in [2.05, 4.69) is 6.92 Å². The lowest BCUT2D eigenvalue weighted by Gasteiger charge is -1.93. The Bertz CT molecular complexity index is 311. The summed E-state index contributed by atoms with van der Waals surface area (Å²) < 4.78 is 0. The molecule has 0 aromatic carbocycles. The van der Waals surface area contributed by atoms with Gasteiger partial charge in [-0.2, -0.15) is 0 Å². The highest BCUT2D eigenvalue weighted by molar-refractivity contribution is 5.64. The number of carbonyl (C=O) groups excluding carboxylic acids is 4. The van der Waals surface area contributed by atoms with Crippen LogP contribution in [0.1, 0.15) is 79.1 Å². The molecule has 0 aromatic heterocycles. The number of aldehydes is 4. The van der Waals surface area contributed by atoms with E-state index in [4.69, 9.17) is 10.2 Å². The number of aliphatic hydroxyl groups excluding tert-OH is 2. The number of unbranched alkanes of at least 4 members (excludes halogenated alkanes) is 4. The van der Waals surface area contributed by atoms with Crippen molar-refractivity contribution in [3.8, 4) is 0 Å². The highest BCUT2D eigenvalue weighted by atomic mass is 16.3. The fraction of sp³-hybridized carbons (Fsp3) is 0.700. The maximum Gasteiger partial charge on any atom is 0.142 e. The van der Waals surface area contributed by atoms with Crippen molar-refractivity contribution in [2.45, 2.75) is 91.3 Å². The minimum atomic E-state index is -0.470. The molecule has 0 heterocycles. The largest absolute Gasteiger partial charge is 0.393 e. The lowest BCUT2D eigenvalue weighted by atomic mass is 10.2. The van der Waals surface area contributed by atoms with E-state index in [1.54, 1.807) is 19.9 Å². The zero-order chi connectivity index (χ0) is 21.1. The molecule has 0 radical (unpaired) electrons. The third-order valence-corrected chi connectivity index (χ3v) is 2.46. The molecule has 6 nitrogen and oxygen atoms in total. The zero-order valence-electron chi connectivity index (χ0n) is 16.8. The molecule has 0 aliphatic carbocycles. The van der Waals surface area contributed by atoms with Gasteiger partial charge in [-0.05, 0) is 39.2 Å². The highest BCUT2D eigenvalue weighted by Crippen LogP contribution is 1.94. The summed E-state index contributed by atoms with van der Waals surface area (Å²) in [5, 5.41) is 16.9. The summed E-state index contributed by atoms with van der Waals surface area (Å²) in [6.45, 7) is 7.36. The highest BCUT2D eigenvalue weighted by Gasteiger charge is 1.87. The van der Waals surface area contributed by atoms with Crippen LogP contribution in [0.5, 0.6) is 0 Å². The second-order valence-corrected chi connectivity index (χ2v) is 5.52. The number of rotatable bonds is 11. The Morgan fingerprint density at radius 3 is 1.50 bits per heavy atom. The fourth-order valence-electron chi connectivity index (χ4n) is 1.07. The average Bonchev–Trinajstić information content (AvgIpc) is 2.58. The molecule has 0 bridgehead atoms. The van der Waals surface area contributed by atoms with Crippen LogP contribution in [0.2, 0.25) is 0 Å². The third kappa shape index (κ3) is 66.8. The average molecular weight is 375 g/mol. The molecule has 6 heteroatoms. The van der Waals surface area contributed by atoms with Crippen LogP contribution in [-0.2, 0) is 19.2 Å². The van der Waals surface area contributed by atoms with Crippen LogP contribution < -0.4 is 0 Å². The van der Waals surface area contributed by atoms with Crippen molar-refractivity contribution in [1.29, 1.82) is 0 Å². The van der Waals surface area contributed by atoms with Crippen LogP contribution in [0.3, 0.4) is 0 Å². The van der Waals surface area contributed by atoms with Gasteiger partial charge in [0, 0.05) is 19.3 Å². The van der Waals surface area contributed by atoms with Gasteiger partial charge < -0.3 is 24.6 Å². The molecule has 26 heavy (non-hydrogen) atoms. The Labute approximate surface area is 158 Å². The van der Waals surface area contributed by atoms with E-state index in [1.807, 2.05) is 6.92 Å². The van der Waals surface area contributed by atoms with E-state index in [0.717, 1.165) is 31.8 Å². The van der Waals surface area contributed by atoms with E-state index < -0.39 is 6.10 Å². The van der Waals surface area contributed by atoms with Crippen LogP contribution >= 0.6 is 0 Å². The molecule has 0 saturated heterocycles. The number of hydrogen-bond acceptors (Lipinski definition) is 6. The van der Waals surface area contributed by atoms with Gasteiger partial charge in [-0.25, -0.2) is 0 Å². The maximum absolute atomic E-state index is 9.68. The predicted octanol–water partition coefficient (Wildman–Crippen LogP) is 3.22. The molecule has 154 valence electrons. The SMILES string of the molecule is CC(O)C/C=C/C=O.CC(O)CC=O.CCCC=O.CCCCCC=O. The molecule has 2 unspecified atom stereocenters. The van der Waals surface area contributed by atoms with Gasteiger partial charge in [0.2, 0.25) is 0 Å². The Morgan fingerprint density at radius 2 is 1.27 bits per heavy atom. The van der Waals surface area contributed by atoms with Crippen LogP contribution in [0.25, 0.3) is 0 Å². The maximum atomic E-state index is 9.68. The summed E-state index contributed by atoms with van der Waals surface area (Å²) in [7, 11) is 0. The molecule has 0 fully saturated rings. The molecule has 0 aromatic rings. The number of hydrogen-bond donors (Lipinski definition) is 2. The first kappa shape index (κ1) is 32.0. The minimum Gasteiger partial charge on any atom is -0.393 e. The molecular weight excluding hydrogens is 336 g/mol. The van der Waals surface area contributed by atoms with Crippen molar-refractivity contribution in [1.82, 2.24) is 0 Å². The molecular formula is C20H38O6. The van der Waals surface area contributed by atoms with Gasteiger partial charge in [-0.15, -0.1) is 0 Å². The second-order valence-electron chi connectivity index (χ2n) is 5.52. The van der Waals surface area contributed by atoms with Gasteiger partial charge >= 0.3 is 0 Å². The van der Waals surface area contributed by atoms with Crippen LogP contribution in [0.15, 0.2) is 12.2 Å². The standard InChI is InChI=1S/C6H10O2.C6H12O.C4H8O2.C4H8O/c1-6(8)4-2-3-5-7;1-2-3-4-5-6-7;1-4(6)2-3-5;1-2-3-4-5/h2-3,5-6,8H,4H2,1H3;6H,2-5H2,1H3;3-4,6H,2H2,1H3;4H,2-3H2,1H3/b3-2+;;;. The molecule has 0 spiro atoms. The minimum absolute atomic E-state index is 0.250. The molecule has 0 aliphatic rings. The monoisotopic (exact) mass is 374 g/mol. The van der Waals surface area contributed by atoms with Gasteiger partial charge in [0.05, 0.1) is 12.2 Å². The van der Waals surface area contributed by atoms with Gasteiger partial charge in [-0.3, -0.25) is 4.79 Å². The van der Waals surface area contributed by atoms with Gasteiger partial charge in [-0.1, -0.05) is 32.8 Å². The Morgan fingerprint density at radius 1 is 0.731 bits per heavy atom. The first-order chi connectivity index (χ1) is 12.4. The van der Waals surface area contributed by atoms with Crippen molar-refractivity contribution < 1.29 is 29.4 Å². The van der Waals surface area contributed by atoms with Crippen LogP contribution in [-0.4, -0.2) is 47.6 Å². The lowest BCUT2D eigenvalue weighted by Crippen LogP contribution is -1.97. The van der Waals surface area contributed by atoms with Crippen molar-refractivity contribution in [2.24, 2.45) is 0 Å². The Kier molecular flexibility index (Phi) is 42.7.